The van der Waals surface area contributed by atoms with Crippen molar-refractivity contribution in [2.24, 2.45) is 4.99 Å². The molecule has 154 valence electrons. The van der Waals surface area contributed by atoms with Gasteiger partial charge in [0.2, 0.25) is 6.79 Å². The fourth-order valence-corrected chi connectivity index (χ4v) is 3.87. The molecule has 2 aromatic carbocycles. The fraction of sp³-hybridized carbons (Fsp3) is 0.375. The van der Waals surface area contributed by atoms with Crippen LogP contribution in [-0.2, 0) is 0 Å². The van der Waals surface area contributed by atoms with Gasteiger partial charge >= 0.3 is 0 Å². The Morgan fingerprint density at radius 1 is 1.03 bits per heavy atom. The van der Waals surface area contributed by atoms with Crippen LogP contribution in [0.5, 0.6) is 11.5 Å². The van der Waals surface area contributed by atoms with Crippen LogP contribution in [0.25, 0.3) is 6.08 Å². The first kappa shape index (κ1) is 21.4. The van der Waals surface area contributed by atoms with E-state index in [1.54, 1.807) is 12.1 Å². The zero-order valence-corrected chi connectivity index (χ0v) is 17.5. The SMILES string of the molecule is CCCCCCC1CN=C(C=Cc2ccc(F)cc2)c2cc3c(cc21)OCO3.Cl. The second-order valence-electron chi connectivity index (χ2n) is 7.45. The van der Waals surface area contributed by atoms with Gasteiger partial charge < -0.3 is 9.47 Å². The normalized spacial score (nSPS) is 17.0. The molecule has 3 nitrogen and oxygen atoms in total. The maximum absolute atomic E-state index is 13.1. The first-order chi connectivity index (χ1) is 13.7. The second-order valence-corrected chi connectivity index (χ2v) is 7.45. The Morgan fingerprint density at radius 2 is 1.79 bits per heavy atom. The van der Waals surface area contributed by atoms with Crippen LogP contribution in [0.4, 0.5) is 4.39 Å². The second kappa shape index (κ2) is 9.93. The van der Waals surface area contributed by atoms with Crippen molar-refractivity contribution in [2.75, 3.05) is 13.3 Å². The molecule has 2 heterocycles. The Kier molecular flexibility index (Phi) is 7.32. The maximum atomic E-state index is 13.1. The predicted molar refractivity (Wildman–Crippen MR) is 118 cm³/mol. The lowest BCUT2D eigenvalue weighted by Crippen LogP contribution is -2.16. The summed E-state index contributed by atoms with van der Waals surface area (Å²) in [5.74, 6) is 1.81. The average molecular weight is 416 g/mol. The Bertz CT molecular complexity index is 892. The molecule has 2 aliphatic rings. The van der Waals surface area contributed by atoms with Crippen LogP contribution in [-0.4, -0.2) is 19.0 Å². The zero-order chi connectivity index (χ0) is 19.3. The van der Waals surface area contributed by atoms with E-state index in [1.165, 1.54) is 43.4 Å². The maximum Gasteiger partial charge on any atom is 0.231 e. The van der Waals surface area contributed by atoms with E-state index in [4.69, 9.17) is 14.5 Å². The Labute approximate surface area is 178 Å². The number of allylic oxidation sites excluding steroid dienone is 1. The summed E-state index contributed by atoms with van der Waals surface area (Å²) in [6.45, 7) is 3.31. The van der Waals surface area contributed by atoms with E-state index < -0.39 is 0 Å². The minimum Gasteiger partial charge on any atom is -0.454 e. The van der Waals surface area contributed by atoms with E-state index in [2.05, 4.69) is 19.1 Å². The number of aliphatic imine (C=N–C) groups is 1. The van der Waals surface area contributed by atoms with Gasteiger partial charge in [0.15, 0.2) is 11.5 Å². The molecule has 0 aliphatic carbocycles. The molecule has 0 bridgehead atoms. The number of hydrogen-bond acceptors (Lipinski definition) is 3. The highest BCUT2D eigenvalue weighted by Crippen LogP contribution is 2.40. The Balaban J connectivity index is 0.00000240. The van der Waals surface area contributed by atoms with E-state index in [0.717, 1.165) is 41.3 Å². The number of halogens is 2. The number of ether oxygens (including phenoxy) is 2. The number of rotatable bonds is 7. The van der Waals surface area contributed by atoms with Gasteiger partial charge in [-0.05, 0) is 47.9 Å². The Hall–Kier alpha value is -2.33. The quantitative estimate of drug-likeness (QED) is 0.480. The summed E-state index contributed by atoms with van der Waals surface area (Å²) >= 11 is 0. The number of nitrogens with zero attached hydrogens (tertiary/aromatic N) is 1. The smallest absolute Gasteiger partial charge is 0.231 e. The van der Waals surface area contributed by atoms with Gasteiger partial charge in [-0.15, -0.1) is 12.4 Å². The van der Waals surface area contributed by atoms with Gasteiger partial charge in [0.1, 0.15) is 5.82 Å². The molecule has 4 rings (SSSR count). The Morgan fingerprint density at radius 3 is 2.55 bits per heavy atom. The minimum atomic E-state index is -0.226. The molecule has 0 saturated heterocycles. The minimum absolute atomic E-state index is 0. The third-order valence-corrected chi connectivity index (χ3v) is 5.45. The molecule has 2 aliphatic heterocycles. The first-order valence-corrected chi connectivity index (χ1v) is 10.2. The van der Waals surface area contributed by atoms with Crippen LogP contribution in [0.15, 0.2) is 47.5 Å². The summed E-state index contributed by atoms with van der Waals surface area (Å²) in [5, 5.41) is 0. The third kappa shape index (κ3) is 4.99. The molecule has 0 N–H and O–H groups in total. The first-order valence-electron chi connectivity index (χ1n) is 10.2. The molecule has 5 heteroatoms. The van der Waals surface area contributed by atoms with Crippen molar-refractivity contribution in [1.29, 1.82) is 0 Å². The monoisotopic (exact) mass is 415 g/mol. The molecular weight excluding hydrogens is 389 g/mol. The van der Waals surface area contributed by atoms with Crippen molar-refractivity contribution in [3.8, 4) is 11.5 Å². The number of unbranched alkanes of at least 4 members (excludes halogenated alkanes) is 3. The van der Waals surface area contributed by atoms with E-state index >= 15 is 0 Å². The zero-order valence-electron chi connectivity index (χ0n) is 16.7. The highest BCUT2D eigenvalue weighted by atomic mass is 35.5. The number of benzene rings is 2. The lowest BCUT2D eigenvalue weighted by atomic mass is 9.85. The topological polar surface area (TPSA) is 30.8 Å². The largest absolute Gasteiger partial charge is 0.454 e. The number of fused-ring (bicyclic) bond motifs is 2. The molecule has 2 aromatic rings. The molecule has 0 amide bonds. The molecule has 0 saturated carbocycles. The van der Waals surface area contributed by atoms with Crippen LogP contribution >= 0.6 is 12.4 Å². The van der Waals surface area contributed by atoms with Gasteiger partial charge in [0.05, 0.1) is 5.71 Å². The van der Waals surface area contributed by atoms with Crippen molar-refractivity contribution in [3.63, 3.8) is 0 Å². The van der Waals surface area contributed by atoms with Gasteiger partial charge in [-0.3, -0.25) is 4.99 Å². The van der Waals surface area contributed by atoms with Crippen molar-refractivity contribution in [2.45, 2.75) is 44.9 Å². The lowest BCUT2D eigenvalue weighted by Gasteiger charge is -2.24. The predicted octanol–water partition coefficient (Wildman–Crippen LogP) is 6.55. The molecule has 1 atom stereocenters. The average Bonchev–Trinajstić information content (AvgIpc) is 3.17. The summed E-state index contributed by atoms with van der Waals surface area (Å²) in [5.41, 5.74) is 4.32. The van der Waals surface area contributed by atoms with Crippen molar-refractivity contribution in [1.82, 2.24) is 0 Å². The summed E-state index contributed by atoms with van der Waals surface area (Å²) in [7, 11) is 0. The molecule has 0 fully saturated rings. The third-order valence-electron chi connectivity index (χ3n) is 5.45. The summed E-state index contributed by atoms with van der Waals surface area (Å²) < 4.78 is 24.3. The fourth-order valence-electron chi connectivity index (χ4n) is 3.87. The molecular formula is C24H27ClFNO2. The molecule has 29 heavy (non-hydrogen) atoms. The summed E-state index contributed by atoms with van der Waals surface area (Å²) in [4.78, 5) is 4.87. The van der Waals surface area contributed by atoms with Crippen molar-refractivity contribution in [3.05, 3.63) is 65.0 Å². The molecule has 1 unspecified atom stereocenters. The van der Waals surface area contributed by atoms with Crippen molar-refractivity contribution < 1.29 is 13.9 Å². The van der Waals surface area contributed by atoms with E-state index in [-0.39, 0.29) is 25.0 Å². The van der Waals surface area contributed by atoms with Gasteiger partial charge in [0, 0.05) is 18.0 Å². The van der Waals surface area contributed by atoms with Gasteiger partial charge in [0.25, 0.3) is 0 Å². The standard InChI is InChI=1S/C24H26FNO2.ClH/c1-2-3-4-5-6-18-15-26-22(12-9-17-7-10-19(25)11-8-17)21-14-24-23(13-20(18)21)27-16-28-24;/h7-14,18H,2-6,15-16H2,1H3;1H. The van der Waals surface area contributed by atoms with E-state index in [9.17, 15) is 4.39 Å². The highest BCUT2D eigenvalue weighted by molar-refractivity contribution is 6.12. The molecule has 0 spiro atoms. The summed E-state index contributed by atoms with van der Waals surface area (Å²) in [6, 6.07) is 10.7. The van der Waals surface area contributed by atoms with Crippen LogP contribution in [0.2, 0.25) is 0 Å². The highest BCUT2D eigenvalue weighted by Gasteiger charge is 2.26. The summed E-state index contributed by atoms with van der Waals surface area (Å²) in [6.07, 6.45) is 10.2. The van der Waals surface area contributed by atoms with E-state index in [0.29, 0.717) is 5.92 Å². The van der Waals surface area contributed by atoms with Crippen LogP contribution < -0.4 is 9.47 Å². The van der Waals surface area contributed by atoms with Gasteiger partial charge in [-0.25, -0.2) is 4.39 Å². The van der Waals surface area contributed by atoms with Crippen LogP contribution in [0, 0.1) is 5.82 Å². The number of hydrogen-bond donors (Lipinski definition) is 0. The van der Waals surface area contributed by atoms with Gasteiger partial charge in [-0.2, -0.15) is 0 Å². The van der Waals surface area contributed by atoms with Crippen molar-refractivity contribution >= 4 is 24.2 Å². The lowest BCUT2D eigenvalue weighted by molar-refractivity contribution is 0.174. The van der Waals surface area contributed by atoms with Crippen LogP contribution in [0.1, 0.15) is 61.6 Å². The van der Waals surface area contributed by atoms with Crippen LogP contribution in [0.3, 0.4) is 0 Å². The molecule has 0 aromatic heterocycles. The molecule has 0 radical (unpaired) electrons. The van der Waals surface area contributed by atoms with Gasteiger partial charge in [-0.1, -0.05) is 50.8 Å². The van der Waals surface area contributed by atoms with E-state index in [1.807, 2.05) is 12.2 Å².